The van der Waals surface area contributed by atoms with Crippen LogP contribution in [0.2, 0.25) is 5.02 Å². The van der Waals surface area contributed by atoms with E-state index in [4.69, 9.17) is 16.3 Å². The Hall–Kier alpha value is -1.56. The number of carboxylic acid groups (broad SMARTS) is 1. The average Bonchev–Trinajstić information content (AvgIpc) is 3.02. The van der Waals surface area contributed by atoms with E-state index in [9.17, 15) is 9.90 Å². The maximum absolute atomic E-state index is 11.3. The van der Waals surface area contributed by atoms with Crippen molar-refractivity contribution < 1.29 is 14.6 Å². The van der Waals surface area contributed by atoms with Crippen molar-refractivity contribution >= 4 is 28.9 Å². The fourth-order valence-electron chi connectivity index (χ4n) is 3.45. The van der Waals surface area contributed by atoms with Crippen molar-refractivity contribution in [1.82, 2.24) is 4.90 Å². The first-order valence-corrected chi connectivity index (χ1v) is 9.60. The molecule has 4 nitrogen and oxygen atoms in total. The zero-order chi connectivity index (χ0) is 18.0. The molecule has 1 fully saturated rings. The summed E-state index contributed by atoms with van der Waals surface area (Å²) in [6.07, 6.45) is 1.33. The molecular formula is C19H22ClNO3S. The van der Waals surface area contributed by atoms with Gasteiger partial charge in [0.15, 0.2) is 0 Å². The van der Waals surface area contributed by atoms with Gasteiger partial charge in [-0.3, -0.25) is 9.69 Å². The van der Waals surface area contributed by atoms with Crippen LogP contribution in [0.25, 0.3) is 0 Å². The fraction of sp³-hybridized carbons (Fsp3) is 0.421. The molecule has 0 spiro atoms. The highest BCUT2D eigenvalue weighted by atomic mass is 35.5. The molecule has 0 radical (unpaired) electrons. The van der Waals surface area contributed by atoms with Crippen LogP contribution in [-0.4, -0.2) is 36.2 Å². The lowest BCUT2D eigenvalue weighted by Crippen LogP contribution is -2.39. The van der Waals surface area contributed by atoms with E-state index in [0.29, 0.717) is 17.9 Å². The Balaban J connectivity index is 1.97. The van der Waals surface area contributed by atoms with Gasteiger partial charge in [0.1, 0.15) is 5.75 Å². The third-order valence-corrected chi connectivity index (χ3v) is 6.09. The summed E-state index contributed by atoms with van der Waals surface area (Å²) in [6, 6.07) is 7.91. The Labute approximate surface area is 157 Å². The van der Waals surface area contributed by atoms with Gasteiger partial charge in [0.2, 0.25) is 0 Å². The molecule has 1 aromatic heterocycles. The molecule has 0 amide bonds. The largest absolute Gasteiger partial charge is 0.496 e. The van der Waals surface area contributed by atoms with Gasteiger partial charge in [-0.1, -0.05) is 11.6 Å². The number of aryl methyl sites for hydroxylation is 1. The highest BCUT2D eigenvalue weighted by Gasteiger charge is 2.32. The normalized spacial score (nSPS) is 17.4. The highest BCUT2D eigenvalue weighted by molar-refractivity contribution is 7.10. The zero-order valence-corrected chi connectivity index (χ0v) is 15.9. The van der Waals surface area contributed by atoms with Crippen molar-refractivity contribution in [3.8, 4) is 5.75 Å². The van der Waals surface area contributed by atoms with Crippen molar-refractivity contribution in [3.63, 3.8) is 0 Å². The maximum atomic E-state index is 11.3. The van der Waals surface area contributed by atoms with Crippen LogP contribution in [0, 0.1) is 12.8 Å². The minimum Gasteiger partial charge on any atom is -0.496 e. The van der Waals surface area contributed by atoms with E-state index in [0.717, 1.165) is 24.4 Å². The van der Waals surface area contributed by atoms with E-state index < -0.39 is 5.97 Å². The topological polar surface area (TPSA) is 49.8 Å². The number of methoxy groups -OCH3 is 1. The van der Waals surface area contributed by atoms with E-state index in [1.807, 2.05) is 18.2 Å². The van der Waals surface area contributed by atoms with Crippen molar-refractivity contribution in [3.05, 3.63) is 50.7 Å². The van der Waals surface area contributed by atoms with Gasteiger partial charge in [-0.15, -0.1) is 11.3 Å². The van der Waals surface area contributed by atoms with Gasteiger partial charge >= 0.3 is 5.97 Å². The monoisotopic (exact) mass is 379 g/mol. The first kappa shape index (κ1) is 18.2. The number of thiophene rings is 1. The van der Waals surface area contributed by atoms with Crippen LogP contribution in [0.5, 0.6) is 5.75 Å². The molecule has 3 rings (SSSR count). The van der Waals surface area contributed by atoms with Gasteiger partial charge in [0.05, 0.1) is 19.1 Å². The van der Waals surface area contributed by atoms with Crippen LogP contribution in [0.15, 0.2) is 29.6 Å². The predicted octanol–water partition coefficient (Wildman–Crippen LogP) is 4.60. The molecule has 2 aromatic rings. The van der Waals surface area contributed by atoms with Gasteiger partial charge < -0.3 is 9.84 Å². The number of nitrogens with zero attached hydrogens (tertiary/aromatic N) is 1. The van der Waals surface area contributed by atoms with Crippen LogP contribution in [-0.2, 0) is 4.79 Å². The molecule has 1 unspecified atom stereocenters. The summed E-state index contributed by atoms with van der Waals surface area (Å²) in [5.74, 6) is -0.132. The van der Waals surface area contributed by atoms with Crippen molar-refractivity contribution in [2.45, 2.75) is 25.8 Å². The quantitative estimate of drug-likeness (QED) is 0.824. The zero-order valence-electron chi connectivity index (χ0n) is 14.4. The number of hydrogen-bond acceptors (Lipinski definition) is 4. The van der Waals surface area contributed by atoms with Gasteiger partial charge in [-0.05, 0) is 68.1 Å². The summed E-state index contributed by atoms with van der Waals surface area (Å²) in [6.45, 7) is 3.57. The van der Waals surface area contributed by atoms with E-state index in [1.165, 1.54) is 10.4 Å². The number of rotatable bonds is 5. The molecular weight excluding hydrogens is 358 g/mol. The van der Waals surface area contributed by atoms with Gasteiger partial charge in [-0.2, -0.15) is 0 Å². The standard InChI is InChI=1S/C19H22ClNO3S/c1-12-9-17(25-11-12)18(15-10-14(20)3-4-16(15)24-2)21-7-5-13(6-8-21)19(22)23/h3-4,9-11,13,18H,5-8H2,1-2H3,(H,22,23). The second-order valence-corrected chi connectivity index (χ2v) is 7.84. The average molecular weight is 380 g/mol. The first-order valence-electron chi connectivity index (χ1n) is 8.35. The molecule has 1 aromatic carbocycles. The predicted molar refractivity (Wildman–Crippen MR) is 101 cm³/mol. The van der Waals surface area contributed by atoms with Crippen molar-refractivity contribution in [1.29, 1.82) is 0 Å². The third-order valence-electron chi connectivity index (χ3n) is 4.75. The molecule has 1 aliphatic heterocycles. The molecule has 0 aliphatic carbocycles. The van der Waals surface area contributed by atoms with E-state index in [2.05, 4.69) is 23.3 Å². The summed E-state index contributed by atoms with van der Waals surface area (Å²) in [7, 11) is 1.67. The Morgan fingerprint density at radius 3 is 2.64 bits per heavy atom. The van der Waals surface area contributed by atoms with Gasteiger partial charge in [0.25, 0.3) is 0 Å². The number of carboxylic acids is 1. The number of hydrogen-bond donors (Lipinski definition) is 1. The lowest BCUT2D eigenvalue weighted by Gasteiger charge is -2.37. The molecule has 1 atom stereocenters. The molecule has 1 N–H and O–H groups in total. The minimum absolute atomic E-state index is 0.0297. The molecule has 25 heavy (non-hydrogen) atoms. The first-order chi connectivity index (χ1) is 12.0. The maximum Gasteiger partial charge on any atom is 0.306 e. The number of piperidine rings is 1. The Morgan fingerprint density at radius 1 is 1.36 bits per heavy atom. The summed E-state index contributed by atoms with van der Waals surface area (Å²) in [5, 5.41) is 12.1. The van der Waals surface area contributed by atoms with E-state index in [1.54, 1.807) is 18.4 Å². The lowest BCUT2D eigenvalue weighted by atomic mass is 9.93. The number of carbonyl (C=O) groups is 1. The van der Waals surface area contributed by atoms with E-state index >= 15 is 0 Å². The lowest BCUT2D eigenvalue weighted by molar-refractivity contribution is -0.143. The molecule has 6 heteroatoms. The second-order valence-electron chi connectivity index (χ2n) is 6.46. The fourth-order valence-corrected chi connectivity index (χ4v) is 4.68. The number of likely N-dealkylation sites (tertiary alicyclic amines) is 1. The van der Waals surface area contributed by atoms with Crippen molar-refractivity contribution in [2.24, 2.45) is 5.92 Å². The van der Waals surface area contributed by atoms with Gasteiger partial charge in [-0.25, -0.2) is 0 Å². The summed E-state index contributed by atoms with van der Waals surface area (Å²) in [4.78, 5) is 14.8. The Morgan fingerprint density at radius 2 is 2.08 bits per heavy atom. The Kier molecular flexibility index (Phi) is 5.67. The van der Waals surface area contributed by atoms with E-state index in [-0.39, 0.29) is 12.0 Å². The Bertz CT molecular complexity index is 753. The van der Waals surface area contributed by atoms with Crippen LogP contribution in [0.3, 0.4) is 0 Å². The molecule has 0 bridgehead atoms. The van der Waals surface area contributed by atoms with Crippen LogP contribution >= 0.6 is 22.9 Å². The molecule has 0 saturated carbocycles. The summed E-state index contributed by atoms with van der Waals surface area (Å²) >= 11 is 7.99. The molecule has 1 saturated heterocycles. The van der Waals surface area contributed by atoms with Crippen LogP contribution < -0.4 is 4.74 Å². The number of halogens is 1. The minimum atomic E-state index is -0.691. The number of benzene rings is 1. The SMILES string of the molecule is COc1ccc(Cl)cc1C(c1cc(C)cs1)N1CCC(C(=O)O)CC1. The van der Waals surface area contributed by atoms with Crippen LogP contribution in [0.4, 0.5) is 0 Å². The second kappa shape index (κ2) is 7.77. The number of aliphatic carboxylic acids is 1. The third kappa shape index (κ3) is 4.00. The summed E-state index contributed by atoms with van der Waals surface area (Å²) in [5.41, 5.74) is 2.26. The smallest absolute Gasteiger partial charge is 0.306 e. The molecule has 134 valence electrons. The molecule has 1 aliphatic rings. The highest BCUT2D eigenvalue weighted by Crippen LogP contribution is 2.40. The molecule has 2 heterocycles. The number of ether oxygens (including phenoxy) is 1. The van der Waals surface area contributed by atoms with Gasteiger partial charge in [0, 0.05) is 15.5 Å². The summed E-state index contributed by atoms with van der Waals surface area (Å²) < 4.78 is 5.58. The van der Waals surface area contributed by atoms with Crippen molar-refractivity contribution in [2.75, 3.05) is 20.2 Å². The van der Waals surface area contributed by atoms with Crippen LogP contribution in [0.1, 0.15) is 34.9 Å².